The topological polar surface area (TPSA) is 18.5 Å². The van der Waals surface area contributed by atoms with E-state index in [1.807, 2.05) is 0 Å². The van der Waals surface area contributed by atoms with Gasteiger partial charge in [0.1, 0.15) is 0 Å². The van der Waals surface area contributed by atoms with Crippen LogP contribution in [-0.4, -0.2) is 32.4 Å². The Morgan fingerprint density at radius 3 is 1.62 bits per heavy atom. The van der Waals surface area contributed by atoms with Crippen molar-refractivity contribution in [2.75, 3.05) is 13.2 Å². The number of rotatable bonds is 4. The molecule has 0 N–H and O–H groups in total. The minimum atomic E-state index is -2.52. The molecule has 3 heteroatoms. The van der Waals surface area contributed by atoms with E-state index in [0.29, 0.717) is 0 Å². The predicted molar refractivity (Wildman–Crippen MR) is 56.9 cm³/mol. The minimum absolute atomic E-state index is 0.729. The standard InChI is InChI=1S/2C4H9.C2H4O2.Sn/c2*1-4(2)3;3-1-2-4;/h2*4H,1H2,2-3H3;1-2H2;/q;;-2;+2. The molecule has 1 rings (SSSR count). The molecule has 0 aromatic heterocycles. The normalized spacial score (nSPS) is 21.7. The second kappa shape index (κ2) is 4.98. The van der Waals surface area contributed by atoms with Crippen molar-refractivity contribution in [1.29, 1.82) is 0 Å². The molecule has 1 fully saturated rings. The van der Waals surface area contributed by atoms with Gasteiger partial charge >= 0.3 is 87.0 Å². The van der Waals surface area contributed by atoms with Crippen LogP contribution in [0.4, 0.5) is 0 Å². The van der Waals surface area contributed by atoms with Gasteiger partial charge in [-0.25, -0.2) is 0 Å². The zero-order chi connectivity index (χ0) is 9.90. The van der Waals surface area contributed by atoms with E-state index in [1.54, 1.807) is 0 Å². The SMILES string of the molecule is CC(C)[CH2][Sn]1([CH2]C(C)C)[O]CC[O]1. The van der Waals surface area contributed by atoms with Gasteiger partial charge in [-0.2, -0.15) is 0 Å². The molecule has 0 aliphatic carbocycles. The van der Waals surface area contributed by atoms with Crippen LogP contribution in [0.15, 0.2) is 0 Å². The third-order valence-electron chi connectivity index (χ3n) is 2.25. The van der Waals surface area contributed by atoms with Gasteiger partial charge in [0.2, 0.25) is 0 Å². The van der Waals surface area contributed by atoms with E-state index in [-0.39, 0.29) is 0 Å². The van der Waals surface area contributed by atoms with E-state index < -0.39 is 19.2 Å². The zero-order valence-corrected chi connectivity index (χ0v) is 12.2. The van der Waals surface area contributed by atoms with Gasteiger partial charge in [0.05, 0.1) is 0 Å². The second-order valence-corrected chi connectivity index (χ2v) is 14.0. The molecule has 0 saturated carbocycles. The summed E-state index contributed by atoms with van der Waals surface area (Å²) in [5.74, 6) is 1.46. The molecular formula is C10H22O2Sn. The first-order valence-electron chi connectivity index (χ1n) is 5.32. The maximum absolute atomic E-state index is 5.95. The molecule has 1 aliphatic rings. The molecule has 1 heterocycles. The Morgan fingerprint density at radius 1 is 0.923 bits per heavy atom. The fraction of sp³-hybridized carbons (Fsp3) is 1.00. The van der Waals surface area contributed by atoms with Gasteiger partial charge < -0.3 is 0 Å². The van der Waals surface area contributed by atoms with E-state index in [0.717, 1.165) is 25.0 Å². The van der Waals surface area contributed by atoms with Crippen molar-refractivity contribution in [3.8, 4) is 0 Å². The Morgan fingerprint density at radius 2 is 1.31 bits per heavy atom. The van der Waals surface area contributed by atoms with Crippen LogP contribution in [0.3, 0.4) is 0 Å². The van der Waals surface area contributed by atoms with Gasteiger partial charge in [0.15, 0.2) is 0 Å². The molecule has 2 nitrogen and oxygen atoms in total. The Labute approximate surface area is 87.0 Å². The van der Waals surface area contributed by atoms with Gasteiger partial charge in [0, 0.05) is 0 Å². The van der Waals surface area contributed by atoms with Crippen molar-refractivity contribution in [3.63, 3.8) is 0 Å². The number of hydrogen-bond donors (Lipinski definition) is 0. The average molecular weight is 293 g/mol. The quantitative estimate of drug-likeness (QED) is 0.742. The van der Waals surface area contributed by atoms with Crippen LogP contribution in [0.1, 0.15) is 27.7 Å². The summed E-state index contributed by atoms with van der Waals surface area (Å²) in [6, 6.07) is 0. The van der Waals surface area contributed by atoms with Gasteiger partial charge in [-0.3, -0.25) is 0 Å². The molecule has 0 bridgehead atoms. The molecule has 13 heavy (non-hydrogen) atoms. The van der Waals surface area contributed by atoms with Crippen LogP contribution in [-0.2, 0) is 6.15 Å². The Bertz CT molecular complexity index is 139. The molecule has 0 aromatic rings. The second-order valence-electron chi connectivity index (χ2n) is 4.80. The van der Waals surface area contributed by atoms with Crippen LogP contribution < -0.4 is 0 Å². The fourth-order valence-electron chi connectivity index (χ4n) is 2.06. The first-order chi connectivity index (χ1) is 6.04. The summed E-state index contributed by atoms with van der Waals surface area (Å²) in [6.07, 6.45) is 0. The average Bonchev–Trinajstić information content (AvgIpc) is 2.33. The van der Waals surface area contributed by atoms with Crippen molar-refractivity contribution in [2.24, 2.45) is 11.8 Å². The Hall–Kier alpha value is 0.719. The molecule has 1 aliphatic heterocycles. The van der Waals surface area contributed by atoms with E-state index in [4.69, 9.17) is 6.15 Å². The summed E-state index contributed by atoms with van der Waals surface area (Å²) in [5, 5.41) is 0. The van der Waals surface area contributed by atoms with Crippen LogP contribution in [0, 0.1) is 11.8 Å². The molecule has 1 saturated heterocycles. The van der Waals surface area contributed by atoms with Gasteiger partial charge in [-0.05, 0) is 0 Å². The van der Waals surface area contributed by atoms with Crippen molar-refractivity contribution < 1.29 is 6.15 Å². The van der Waals surface area contributed by atoms with E-state index in [2.05, 4.69) is 27.7 Å². The molecular weight excluding hydrogens is 271 g/mol. The monoisotopic (exact) mass is 294 g/mol. The fourth-order valence-corrected chi connectivity index (χ4v) is 13.8. The zero-order valence-electron chi connectivity index (χ0n) is 9.30. The molecule has 0 spiro atoms. The summed E-state index contributed by atoms with van der Waals surface area (Å²) in [7, 11) is 0. The summed E-state index contributed by atoms with van der Waals surface area (Å²) in [6.45, 7) is 10.8. The third kappa shape index (κ3) is 3.76. The van der Waals surface area contributed by atoms with Gasteiger partial charge in [-0.1, -0.05) is 0 Å². The Kier molecular flexibility index (Phi) is 4.52. The van der Waals surface area contributed by atoms with Crippen molar-refractivity contribution in [2.45, 2.75) is 36.6 Å². The summed E-state index contributed by atoms with van der Waals surface area (Å²) >= 11 is -2.52. The molecule has 0 unspecified atom stereocenters. The van der Waals surface area contributed by atoms with Crippen molar-refractivity contribution >= 4 is 19.2 Å². The molecule has 0 aromatic carbocycles. The predicted octanol–water partition coefficient (Wildman–Crippen LogP) is 2.79. The van der Waals surface area contributed by atoms with E-state index >= 15 is 0 Å². The van der Waals surface area contributed by atoms with Crippen molar-refractivity contribution in [3.05, 3.63) is 0 Å². The van der Waals surface area contributed by atoms with Crippen LogP contribution in [0.25, 0.3) is 0 Å². The summed E-state index contributed by atoms with van der Waals surface area (Å²) in [5.41, 5.74) is 0. The third-order valence-corrected chi connectivity index (χ3v) is 14.6. The maximum atomic E-state index is 5.95. The summed E-state index contributed by atoms with van der Waals surface area (Å²) in [4.78, 5) is 0. The van der Waals surface area contributed by atoms with Gasteiger partial charge in [0.25, 0.3) is 0 Å². The molecule has 78 valence electrons. The summed E-state index contributed by atoms with van der Waals surface area (Å²) < 4.78 is 14.4. The van der Waals surface area contributed by atoms with E-state index in [9.17, 15) is 0 Å². The van der Waals surface area contributed by atoms with Gasteiger partial charge in [-0.15, -0.1) is 0 Å². The molecule has 0 radical (unpaired) electrons. The van der Waals surface area contributed by atoms with Crippen LogP contribution in [0.2, 0.25) is 8.87 Å². The first-order valence-corrected chi connectivity index (χ1v) is 11.7. The Balaban J connectivity index is 2.52. The van der Waals surface area contributed by atoms with Crippen molar-refractivity contribution in [1.82, 2.24) is 0 Å². The van der Waals surface area contributed by atoms with Crippen LogP contribution >= 0.6 is 0 Å². The molecule has 0 amide bonds. The van der Waals surface area contributed by atoms with Crippen LogP contribution in [0.5, 0.6) is 0 Å². The number of hydrogen-bond acceptors (Lipinski definition) is 2. The molecule has 0 atom stereocenters. The first kappa shape index (κ1) is 11.8. The van der Waals surface area contributed by atoms with E-state index in [1.165, 1.54) is 8.87 Å².